The number of carbonyl (C=O) groups is 8. The summed E-state index contributed by atoms with van der Waals surface area (Å²) in [6.07, 6.45) is 1.27. The van der Waals surface area contributed by atoms with Gasteiger partial charge < -0.3 is 50.4 Å². The average Bonchev–Trinajstić information content (AvgIpc) is 3.32. The molecule has 6 amide bonds. The standard InChI is InChI=1S/C52H79N7O12/c1-14-32(5)43-46(63)57-52(10,11)50(67)71-44(33(6)15-2)35(8)40(70-51(68)54-25-17-16-18-26-60)24-19-34(7)49(66)69-41(27-31(3)4)45(62)55-36(9)47(64)59(13)39(48(65)58(12)30-42(61)56-43)28-37-20-22-38(29-53)23-21-37/h15,19-23,31-32,35-36,39-41,43-44,60H,14,16-18,24-28,30H2,1-13H3,(H,54,68)(H,55,62)(H,56,61)(H,57,63)/b33-15+,34-19-/t32-,35+,36+,39-,40+,41-,43+,44-/m1/s1. The molecule has 1 heterocycles. The Kier molecular flexibility index (Phi) is 25.0. The smallest absolute Gasteiger partial charge is 0.407 e. The van der Waals surface area contributed by atoms with Gasteiger partial charge in [-0.2, -0.15) is 5.26 Å². The quantitative estimate of drug-likeness (QED) is 0.0796. The fourth-order valence-corrected chi connectivity index (χ4v) is 7.69. The van der Waals surface area contributed by atoms with Gasteiger partial charge in [0.15, 0.2) is 6.10 Å². The number of cyclic esters (lactones) is 2. The van der Waals surface area contributed by atoms with Crippen LogP contribution in [0.1, 0.15) is 126 Å². The number of nitrogens with one attached hydrogen (secondary N) is 4. The topological polar surface area (TPSA) is 263 Å². The summed E-state index contributed by atoms with van der Waals surface area (Å²) in [5.41, 5.74) is -0.0569. The molecule has 1 aromatic rings. The summed E-state index contributed by atoms with van der Waals surface area (Å²) in [6, 6.07) is 4.83. The van der Waals surface area contributed by atoms with Gasteiger partial charge in [0.1, 0.15) is 35.9 Å². The first kappa shape index (κ1) is 60.8. The van der Waals surface area contributed by atoms with E-state index in [-0.39, 0.29) is 43.9 Å². The molecule has 1 aromatic carbocycles. The molecule has 1 aliphatic rings. The highest BCUT2D eigenvalue weighted by molar-refractivity contribution is 5.96. The molecule has 0 fully saturated rings. The van der Waals surface area contributed by atoms with Crippen molar-refractivity contribution < 1.29 is 57.7 Å². The molecular formula is C52H79N7O12. The van der Waals surface area contributed by atoms with Gasteiger partial charge in [0.05, 0.1) is 18.2 Å². The Morgan fingerprint density at radius 1 is 0.986 bits per heavy atom. The van der Waals surface area contributed by atoms with Crippen molar-refractivity contribution in [3.63, 3.8) is 0 Å². The minimum Gasteiger partial charge on any atom is -0.456 e. The minimum absolute atomic E-state index is 0.0155. The average molecular weight is 994 g/mol. The number of hydrogen-bond donors (Lipinski definition) is 5. The number of carbonyl (C=O) groups excluding carboxylic acids is 8. The lowest BCUT2D eigenvalue weighted by molar-refractivity contribution is -0.160. The van der Waals surface area contributed by atoms with Gasteiger partial charge >= 0.3 is 18.0 Å². The van der Waals surface area contributed by atoms with Crippen LogP contribution in [0.2, 0.25) is 0 Å². The molecule has 19 nitrogen and oxygen atoms in total. The molecule has 0 spiro atoms. The van der Waals surface area contributed by atoms with E-state index in [0.29, 0.717) is 42.4 Å². The Hall–Kier alpha value is -6.29. The highest BCUT2D eigenvalue weighted by atomic mass is 16.6. The molecule has 8 atom stereocenters. The molecule has 1 aliphatic heterocycles. The summed E-state index contributed by atoms with van der Waals surface area (Å²) < 4.78 is 17.9. The number of nitriles is 1. The Morgan fingerprint density at radius 3 is 2.21 bits per heavy atom. The molecule has 0 aliphatic carbocycles. The maximum absolute atomic E-state index is 14.3. The van der Waals surface area contributed by atoms with Gasteiger partial charge in [-0.15, -0.1) is 0 Å². The van der Waals surface area contributed by atoms with Gasteiger partial charge in [-0.1, -0.05) is 65.3 Å². The van der Waals surface area contributed by atoms with Crippen LogP contribution in [0.25, 0.3) is 0 Å². The number of rotatable bonds is 13. The van der Waals surface area contributed by atoms with Crippen LogP contribution in [0.15, 0.2) is 47.6 Å². The minimum atomic E-state index is -1.68. The number of aliphatic hydroxyl groups excluding tert-OH is 1. The van der Waals surface area contributed by atoms with Gasteiger partial charge in [0.25, 0.3) is 5.91 Å². The molecule has 0 aromatic heterocycles. The van der Waals surface area contributed by atoms with Gasteiger partial charge in [0.2, 0.25) is 23.6 Å². The van der Waals surface area contributed by atoms with E-state index in [1.807, 2.05) is 26.8 Å². The third-order valence-electron chi connectivity index (χ3n) is 12.6. The third kappa shape index (κ3) is 19.1. The number of unbranched alkanes of at least 4 members (excludes halogenated alkanes) is 2. The third-order valence-corrected chi connectivity index (χ3v) is 12.6. The molecule has 0 unspecified atom stereocenters. The second-order valence-electron chi connectivity index (χ2n) is 19.5. The number of alkyl carbamates (subject to hydrolysis) is 1. The Morgan fingerprint density at radius 2 is 1.63 bits per heavy atom. The summed E-state index contributed by atoms with van der Waals surface area (Å²) in [5.74, 6) is -6.54. The van der Waals surface area contributed by atoms with Crippen LogP contribution in [0.4, 0.5) is 4.79 Å². The van der Waals surface area contributed by atoms with Gasteiger partial charge in [-0.25, -0.2) is 14.4 Å². The zero-order valence-electron chi connectivity index (χ0n) is 44.0. The number of aliphatic hydroxyl groups is 1. The predicted molar refractivity (Wildman–Crippen MR) is 266 cm³/mol. The number of esters is 2. The second-order valence-corrected chi connectivity index (χ2v) is 19.5. The van der Waals surface area contributed by atoms with Crippen LogP contribution in [-0.2, 0) is 54.2 Å². The molecule has 2 rings (SSSR count). The highest BCUT2D eigenvalue weighted by Gasteiger charge is 2.41. The van der Waals surface area contributed by atoms with E-state index < -0.39 is 108 Å². The molecule has 394 valence electrons. The van der Waals surface area contributed by atoms with Crippen LogP contribution >= 0.6 is 0 Å². The number of amides is 6. The Balaban J connectivity index is 2.77. The number of ether oxygens (including phenoxy) is 3. The first-order chi connectivity index (χ1) is 33.3. The van der Waals surface area contributed by atoms with E-state index in [2.05, 4.69) is 21.3 Å². The first-order valence-electron chi connectivity index (χ1n) is 24.5. The Labute approximate surface area is 419 Å². The summed E-state index contributed by atoms with van der Waals surface area (Å²) in [4.78, 5) is 114. The number of hydrogen-bond acceptors (Lipinski definition) is 13. The number of allylic oxidation sites excluding steroid dienone is 1. The fraction of sp³-hybridized carbons (Fsp3) is 0.635. The van der Waals surface area contributed by atoms with Crippen molar-refractivity contribution in [3.05, 3.63) is 58.7 Å². The molecule has 0 saturated carbocycles. The summed E-state index contributed by atoms with van der Waals surface area (Å²) in [7, 11) is 2.76. The fourth-order valence-electron chi connectivity index (χ4n) is 7.69. The van der Waals surface area contributed by atoms with Crippen LogP contribution in [-0.4, -0.2) is 138 Å². The normalized spacial score (nSPS) is 25.4. The largest absolute Gasteiger partial charge is 0.456 e. The molecule has 5 N–H and O–H groups in total. The van der Waals surface area contributed by atoms with E-state index in [1.165, 1.54) is 47.9 Å². The van der Waals surface area contributed by atoms with Crippen molar-refractivity contribution in [2.75, 3.05) is 33.8 Å². The molecular weight excluding hydrogens is 915 g/mol. The Bertz CT molecular complexity index is 2110. The molecule has 19 heteroatoms. The summed E-state index contributed by atoms with van der Waals surface area (Å²) in [6.45, 7) is 18.0. The van der Waals surface area contributed by atoms with Crippen molar-refractivity contribution in [1.82, 2.24) is 31.1 Å². The predicted octanol–water partition coefficient (Wildman–Crippen LogP) is 4.40. The lowest BCUT2D eigenvalue weighted by Gasteiger charge is -2.35. The molecule has 0 bridgehead atoms. The van der Waals surface area contributed by atoms with E-state index in [0.717, 1.165) is 9.80 Å². The molecule has 71 heavy (non-hydrogen) atoms. The summed E-state index contributed by atoms with van der Waals surface area (Å²) in [5, 5.41) is 29.4. The van der Waals surface area contributed by atoms with Crippen LogP contribution in [0, 0.1) is 29.1 Å². The lowest BCUT2D eigenvalue weighted by atomic mass is 9.90. The first-order valence-corrected chi connectivity index (χ1v) is 24.5. The van der Waals surface area contributed by atoms with Gasteiger partial charge in [0, 0.05) is 51.6 Å². The number of benzene rings is 1. The molecule has 0 saturated heterocycles. The van der Waals surface area contributed by atoms with Crippen molar-refractivity contribution in [2.45, 2.75) is 163 Å². The van der Waals surface area contributed by atoms with Crippen molar-refractivity contribution in [2.24, 2.45) is 17.8 Å². The van der Waals surface area contributed by atoms with Crippen molar-refractivity contribution >= 4 is 47.6 Å². The number of likely N-dealkylation sites (N-methyl/N-ethyl adjacent to an activating group) is 2. The monoisotopic (exact) mass is 994 g/mol. The maximum atomic E-state index is 14.3. The maximum Gasteiger partial charge on any atom is 0.407 e. The second kappa shape index (κ2) is 29.1. The van der Waals surface area contributed by atoms with Gasteiger partial charge in [-0.3, -0.25) is 24.0 Å². The van der Waals surface area contributed by atoms with Crippen LogP contribution in [0.3, 0.4) is 0 Å². The molecule has 0 radical (unpaired) electrons. The van der Waals surface area contributed by atoms with E-state index in [9.17, 15) is 43.6 Å². The van der Waals surface area contributed by atoms with E-state index in [4.69, 9.17) is 19.3 Å². The number of nitrogens with zero attached hydrogens (tertiary/aromatic N) is 3. The van der Waals surface area contributed by atoms with Crippen LogP contribution < -0.4 is 21.3 Å². The van der Waals surface area contributed by atoms with Gasteiger partial charge in [-0.05, 0) is 102 Å². The highest BCUT2D eigenvalue weighted by Crippen LogP contribution is 2.27. The van der Waals surface area contributed by atoms with Crippen LogP contribution in [0.5, 0.6) is 0 Å². The van der Waals surface area contributed by atoms with E-state index >= 15 is 0 Å². The van der Waals surface area contributed by atoms with E-state index in [1.54, 1.807) is 58.0 Å². The zero-order valence-corrected chi connectivity index (χ0v) is 44.0. The zero-order chi connectivity index (χ0) is 53.7. The van der Waals surface area contributed by atoms with Crippen molar-refractivity contribution in [3.8, 4) is 6.07 Å². The lowest BCUT2D eigenvalue weighted by Crippen LogP contribution is -2.60. The van der Waals surface area contributed by atoms with Crippen molar-refractivity contribution in [1.29, 1.82) is 5.26 Å². The summed E-state index contributed by atoms with van der Waals surface area (Å²) >= 11 is 0. The SMILES string of the molecule is C/C=C(\C)[C@H]1OC(=O)C(C)(C)NC(=O)[C@H]([C@H](C)CC)NC(=O)CN(C)C(=O)[C@@H](Cc2ccc(C#N)cc2)N(C)C(=O)[C@H](C)NC(=O)[C@@H](CC(C)C)OC(=O)/C(C)=C\C[C@H](OC(=O)NCCCCCO)[C@@H]1C.